The third-order valence-corrected chi connectivity index (χ3v) is 4.63. The molecule has 0 bridgehead atoms. The van der Waals surface area contributed by atoms with Crippen LogP contribution in [-0.2, 0) is 33.4 Å². The normalized spacial score (nSPS) is 18.8. The molecule has 1 heterocycles. The van der Waals surface area contributed by atoms with Crippen LogP contribution in [0.3, 0.4) is 0 Å². The monoisotopic (exact) mass is 541 g/mol. The molecule has 0 aromatic heterocycles. The number of esters is 1. The van der Waals surface area contributed by atoms with Gasteiger partial charge in [-0.15, -0.1) is 0 Å². The highest BCUT2D eigenvalue weighted by molar-refractivity contribution is 5.97. The topological polar surface area (TPSA) is 178 Å². The smallest absolute Gasteiger partial charge is 0.419 e. The van der Waals surface area contributed by atoms with Gasteiger partial charge in [-0.05, 0) is 68.7 Å². The number of hydrogen-bond donors (Lipinski definition) is 3. The van der Waals surface area contributed by atoms with Crippen LogP contribution in [0.5, 0.6) is 0 Å². The zero-order valence-electron chi connectivity index (χ0n) is 23.4. The van der Waals surface area contributed by atoms with Crippen molar-refractivity contribution in [2.75, 3.05) is 6.54 Å². The fourth-order valence-corrected chi connectivity index (χ4v) is 3.26. The Balaban J connectivity index is 3.32. The van der Waals surface area contributed by atoms with Crippen LogP contribution in [0.15, 0.2) is 12.2 Å². The highest BCUT2D eigenvalue weighted by Crippen LogP contribution is 2.24. The molecule has 0 radical (unpaired) electrons. The quantitative estimate of drug-likeness (QED) is 0.246. The van der Waals surface area contributed by atoms with Gasteiger partial charge in [0.25, 0.3) is 0 Å². The van der Waals surface area contributed by atoms with Crippen molar-refractivity contribution in [1.29, 1.82) is 0 Å². The third-order valence-electron chi connectivity index (χ3n) is 4.63. The number of ether oxygens (including phenoxy) is 3. The molecule has 0 saturated carbocycles. The molecule has 1 aliphatic heterocycles. The van der Waals surface area contributed by atoms with Crippen molar-refractivity contribution in [3.05, 3.63) is 12.2 Å². The van der Waals surface area contributed by atoms with Crippen LogP contribution in [0.25, 0.3) is 0 Å². The molecule has 13 nitrogen and oxygen atoms in total. The molecule has 1 fully saturated rings. The van der Waals surface area contributed by atoms with Crippen molar-refractivity contribution in [3.8, 4) is 0 Å². The third kappa shape index (κ3) is 11.6. The van der Waals surface area contributed by atoms with Gasteiger partial charge in [0.2, 0.25) is 11.8 Å². The first-order chi connectivity index (χ1) is 17.1. The van der Waals surface area contributed by atoms with Gasteiger partial charge in [0.05, 0.1) is 12.5 Å². The summed E-state index contributed by atoms with van der Waals surface area (Å²) in [6, 6.07) is -2.06. The average Bonchev–Trinajstić information content (AvgIpc) is 3.02. The molecule has 3 atom stereocenters. The molecule has 3 N–H and O–H groups in total. The summed E-state index contributed by atoms with van der Waals surface area (Å²) < 4.78 is 16.2. The summed E-state index contributed by atoms with van der Waals surface area (Å²) in [4.78, 5) is 75.1. The van der Waals surface area contributed by atoms with E-state index >= 15 is 0 Å². The van der Waals surface area contributed by atoms with Crippen LogP contribution in [0.4, 0.5) is 9.59 Å². The Bertz CT molecular complexity index is 941. The number of nitrogens with one attached hydrogen (secondary N) is 2. The number of carbonyl (C=O) groups is 6. The molecule has 0 aromatic rings. The molecule has 1 rings (SSSR count). The summed E-state index contributed by atoms with van der Waals surface area (Å²) in [6.45, 7) is 14.0. The molecule has 1 saturated heterocycles. The SMILES string of the molecule is CC(C)(C)OC(=O)C(CN(C(=O)OC(C)(C)C)C(=O)OC(C)(C)C)[C@@H]1C[C@@H](NC(=O)C=CC(=O)O)C(=O)N1. The molecule has 38 heavy (non-hydrogen) atoms. The van der Waals surface area contributed by atoms with Crippen LogP contribution in [-0.4, -0.2) is 81.4 Å². The standard InChI is InChI=1S/C25H39N3O10/c1-23(2,3)36-20(33)14(15-12-16(19(32)27-15)26-17(29)10-11-18(30)31)13-28(21(34)37-24(4,5)6)22(35)38-25(7,8)9/h10-11,14-16H,12-13H2,1-9H3,(H,26,29)(H,27,32)(H,30,31)/t14?,15-,16+/m0/s1. The van der Waals surface area contributed by atoms with E-state index in [1.54, 1.807) is 62.3 Å². The summed E-state index contributed by atoms with van der Waals surface area (Å²) in [7, 11) is 0. The molecule has 13 heteroatoms. The first-order valence-corrected chi connectivity index (χ1v) is 12.1. The average molecular weight is 542 g/mol. The second-order valence-corrected chi connectivity index (χ2v) is 11.8. The maximum atomic E-state index is 13.2. The van der Waals surface area contributed by atoms with E-state index < -0.39 is 77.3 Å². The Morgan fingerprint density at radius 2 is 1.39 bits per heavy atom. The maximum absolute atomic E-state index is 13.2. The van der Waals surface area contributed by atoms with Gasteiger partial charge >= 0.3 is 24.1 Å². The number of aliphatic carboxylic acids is 1. The summed E-state index contributed by atoms with van der Waals surface area (Å²) >= 11 is 0. The van der Waals surface area contributed by atoms with E-state index in [2.05, 4.69) is 10.6 Å². The Labute approximate surface area is 222 Å². The van der Waals surface area contributed by atoms with Crippen LogP contribution in [0, 0.1) is 5.92 Å². The van der Waals surface area contributed by atoms with E-state index in [-0.39, 0.29) is 6.42 Å². The van der Waals surface area contributed by atoms with Crippen LogP contribution in [0.1, 0.15) is 68.7 Å². The fourth-order valence-electron chi connectivity index (χ4n) is 3.26. The van der Waals surface area contributed by atoms with Crippen LogP contribution >= 0.6 is 0 Å². The highest BCUT2D eigenvalue weighted by atomic mass is 16.6. The Morgan fingerprint density at radius 1 is 0.921 bits per heavy atom. The predicted octanol–water partition coefficient (Wildman–Crippen LogP) is 2.13. The van der Waals surface area contributed by atoms with Gasteiger partial charge in [-0.1, -0.05) is 0 Å². The number of rotatable bonds is 7. The highest BCUT2D eigenvalue weighted by Gasteiger charge is 2.45. The Kier molecular flexibility index (Phi) is 10.5. The predicted molar refractivity (Wildman–Crippen MR) is 134 cm³/mol. The zero-order valence-corrected chi connectivity index (χ0v) is 23.4. The second kappa shape index (κ2) is 12.3. The van der Waals surface area contributed by atoms with Gasteiger partial charge < -0.3 is 30.0 Å². The van der Waals surface area contributed by atoms with Gasteiger partial charge in [0, 0.05) is 18.2 Å². The van der Waals surface area contributed by atoms with Gasteiger partial charge in [0.1, 0.15) is 22.8 Å². The van der Waals surface area contributed by atoms with E-state index in [9.17, 15) is 28.8 Å². The number of carbonyl (C=O) groups excluding carboxylic acids is 5. The number of carboxylic acids is 1. The minimum Gasteiger partial charge on any atom is -0.478 e. The molecule has 0 aromatic carbocycles. The van der Waals surface area contributed by atoms with Crippen molar-refractivity contribution in [2.45, 2.75) is 97.6 Å². The lowest BCUT2D eigenvalue weighted by molar-refractivity contribution is -0.161. The Morgan fingerprint density at radius 3 is 1.82 bits per heavy atom. The van der Waals surface area contributed by atoms with Gasteiger partial charge in [-0.2, -0.15) is 0 Å². The van der Waals surface area contributed by atoms with Gasteiger partial charge in [0.15, 0.2) is 0 Å². The molecule has 1 unspecified atom stereocenters. The fraction of sp³-hybridized carbons (Fsp3) is 0.680. The van der Waals surface area contributed by atoms with E-state index in [0.29, 0.717) is 11.0 Å². The van der Waals surface area contributed by atoms with Gasteiger partial charge in [-0.25, -0.2) is 19.3 Å². The van der Waals surface area contributed by atoms with Crippen molar-refractivity contribution >= 4 is 35.9 Å². The van der Waals surface area contributed by atoms with Crippen LogP contribution < -0.4 is 10.6 Å². The summed E-state index contributed by atoms with van der Waals surface area (Å²) in [5.74, 6) is -4.87. The minimum absolute atomic E-state index is 0.105. The number of hydrogen-bond acceptors (Lipinski definition) is 9. The largest absolute Gasteiger partial charge is 0.478 e. The van der Waals surface area contributed by atoms with E-state index in [1.807, 2.05) is 0 Å². The molecule has 0 spiro atoms. The lowest BCUT2D eigenvalue weighted by atomic mass is 9.96. The van der Waals surface area contributed by atoms with E-state index in [4.69, 9.17) is 19.3 Å². The van der Waals surface area contributed by atoms with Crippen molar-refractivity contribution in [1.82, 2.24) is 15.5 Å². The Hall–Kier alpha value is -3.64. The number of imide groups is 1. The molecule has 0 aliphatic carbocycles. The number of amides is 4. The van der Waals surface area contributed by atoms with E-state index in [1.165, 1.54) is 0 Å². The van der Waals surface area contributed by atoms with Crippen LogP contribution in [0.2, 0.25) is 0 Å². The van der Waals surface area contributed by atoms with Crippen molar-refractivity contribution in [3.63, 3.8) is 0 Å². The summed E-state index contributed by atoms with van der Waals surface area (Å²) in [5.41, 5.74) is -2.88. The second-order valence-electron chi connectivity index (χ2n) is 11.8. The molecule has 4 amide bonds. The lowest BCUT2D eigenvalue weighted by Gasteiger charge is -2.32. The summed E-state index contributed by atoms with van der Waals surface area (Å²) in [6.07, 6.45) is -0.864. The molecular formula is C25H39N3O10. The maximum Gasteiger partial charge on any atom is 0.419 e. The molecule has 214 valence electrons. The van der Waals surface area contributed by atoms with Crippen molar-refractivity contribution < 1.29 is 48.1 Å². The van der Waals surface area contributed by atoms with Crippen molar-refractivity contribution in [2.24, 2.45) is 5.92 Å². The first kappa shape index (κ1) is 32.4. The zero-order chi connectivity index (χ0) is 29.6. The lowest BCUT2D eigenvalue weighted by Crippen LogP contribution is -2.51. The minimum atomic E-state index is -1.34. The van der Waals surface area contributed by atoms with Gasteiger partial charge in [-0.3, -0.25) is 14.4 Å². The number of carboxylic acid groups (broad SMARTS) is 1. The molecule has 1 aliphatic rings. The molecular weight excluding hydrogens is 502 g/mol. The summed E-state index contributed by atoms with van der Waals surface area (Å²) in [5, 5.41) is 13.6. The van der Waals surface area contributed by atoms with E-state index in [0.717, 1.165) is 6.08 Å². The first-order valence-electron chi connectivity index (χ1n) is 12.1. The number of nitrogens with zero attached hydrogens (tertiary/aromatic N) is 1.